The molecule has 0 aliphatic heterocycles. The van der Waals surface area contributed by atoms with Gasteiger partial charge in [0.2, 0.25) is 15.8 Å². The lowest BCUT2D eigenvalue weighted by Crippen LogP contribution is -2.40. The average molecular weight is 512 g/mol. The number of hydrogen-bond donors (Lipinski definition) is 1. The Bertz CT molecular complexity index is 1260. The third kappa shape index (κ3) is 6.83. The maximum atomic E-state index is 13.3. The molecule has 0 aliphatic carbocycles. The summed E-state index contributed by atoms with van der Waals surface area (Å²) in [6.07, 6.45) is 1.86. The van der Waals surface area contributed by atoms with E-state index in [1.807, 2.05) is 30.3 Å². The number of sulfonamides is 1. The summed E-state index contributed by atoms with van der Waals surface area (Å²) in [7, 11) is 0.600. The van der Waals surface area contributed by atoms with Crippen molar-refractivity contribution in [2.45, 2.75) is 11.3 Å². The standard InChI is InChI=1S/C26H29N3O6S/c1-33-23-16-21(17-24(34-2)26(23)35-3)18-27-28-25(30)19-29(15-14-20-10-6-4-7-11-20)36(31,32)22-12-8-5-9-13-22/h4-13,16-18H,14-15,19H2,1-3H3,(H,28,30)/b27-18-. The number of nitrogens with one attached hydrogen (secondary N) is 1. The van der Waals surface area contributed by atoms with Gasteiger partial charge in [-0.2, -0.15) is 9.41 Å². The molecule has 9 nitrogen and oxygen atoms in total. The Balaban J connectivity index is 1.74. The normalized spacial score (nSPS) is 11.4. The molecule has 0 bridgehead atoms. The second-order valence-corrected chi connectivity index (χ2v) is 9.58. The van der Waals surface area contributed by atoms with Gasteiger partial charge in [-0.25, -0.2) is 13.8 Å². The highest BCUT2D eigenvalue weighted by Gasteiger charge is 2.26. The largest absolute Gasteiger partial charge is 0.493 e. The summed E-state index contributed by atoms with van der Waals surface area (Å²) in [6.45, 7) is -0.262. The minimum absolute atomic E-state index is 0.117. The lowest BCUT2D eigenvalue weighted by atomic mass is 10.1. The van der Waals surface area contributed by atoms with E-state index in [4.69, 9.17) is 14.2 Å². The molecule has 0 saturated heterocycles. The van der Waals surface area contributed by atoms with Crippen molar-refractivity contribution in [1.82, 2.24) is 9.73 Å². The number of ether oxygens (including phenoxy) is 3. The number of benzene rings is 3. The van der Waals surface area contributed by atoms with E-state index in [1.54, 1.807) is 30.3 Å². The number of amides is 1. The van der Waals surface area contributed by atoms with E-state index in [2.05, 4.69) is 10.5 Å². The lowest BCUT2D eigenvalue weighted by molar-refractivity contribution is -0.121. The van der Waals surface area contributed by atoms with E-state index in [0.717, 1.165) is 9.87 Å². The Kier molecular flexibility index (Phi) is 9.43. The zero-order valence-corrected chi connectivity index (χ0v) is 21.2. The summed E-state index contributed by atoms with van der Waals surface area (Å²) in [4.78, 5) is 12.8. The van der Waals surface area contributed by atoms with Gasteiger partial charge < -0.3 is 14.2 Å². The monoisotopic (exact) mass is 511 g/mol. The van der Waals surface area contributed by atoms with Crippen LogP contribution in [0.25, 0.3) is 0 Å². The maximum Gasteiger partial charge on any atom is 0.255 e. The first-order chi connectivity index (χ1) is 17.4. The molecule has 0 aromatic heterocycles. The summed E-state index contributed by atoms with van der Waals surface area (Å²) in [5, 5.41) is 3.98. The van der Waals surface area contributed by atoms with Crippen LogP contribution in [0.5, 0.6) is 17.2 Å². The third-order valence-electron chi connectivity index (χ3n) is 5.28. The van der Waals surface area contributed by atoms with Crippen molar-refractivity contribution in [3.63, 3.8) is 0 Å². The lowest BCUT2D eigenvalue weighted by Gasteiger charge is -2.21. The van der Waals surface area contributed by atoms with Crippen LogP contribution >= 0.6 is 0 Å². The first-order valence-corrected chi connectivity index (χ1v) is 12.5. The van der Waals surface area contributed by atoms with Gasteiger partial charge in [-0.1, -0.05) is 48.5 Å². The smallest absolute Gasteiger partial charge is 0.255 e. The average Bonchev–Trinajstić information content (AvgIpc) is 2.91. The molecule has 36 heavy (non-hydrogen) atoms. The molecule has 1 amide bonds. The van der Waals surface area contributed by atoms with Crippen LogP contribution in [0, 0.1) is 0 Å². The Labute approximate surface area is 211 Å². The number of hydrazone groups is 1. The molecule has 190 valence electrons. The number of rotatable bonds is 12. The fraction of sp³-hybridized carbons (Fsp3) is 0.231. The highest BCUT2D eigenvalue weighted by Crippen LogP contribution is 2.37. The van der Waals surface area contributed by atoms with Crippen molar-refractivity contribution in [1.29, 1.82) is 0 Å². The summed E-state index contributed by atoms with van der Waals surface area (Å²) in [5.41, 5.74) is 3.95. The van der Waals surface area contributed by atoms with Crippen LogP contribution in [0.4, 0.5) is 0 Å². The van der Waals surface area contributed by atoms with E-state index in [0.29, 0.717) is 29.2 Å². The molecule has 0 atom stereocenters. The van der Waals surface area contributed by atoms with Crippen molar-refractivity contribution in [2.75, 3.05) is 34.4 Å². The molecule has 0 spiro atoms. The molecule has 0 radical (unpaired) electrons. The van der Waals surface area contributed by atoms with Crippen molar-refractivity contribution < 1.29 is 27.4 Å². The van der Waals surface area contributed by atoms with Crippen molar-refractivity contribution >= 4 is 22.1 Å². The molecular formula is C26H29N3O6S. The van der Waals surface area contributed by atoms with Crippen LogP contribution in [0.3, 0.4) is 0 Å². The third-order valence-corrected chi connectivity index (χ3v) is 7.14. The number of carbonyl (C=O) groups is 1. The minimum atomic E-state index is -3.90. The van der Waals surface area contributed by atoms with Gasteiger partial charge in [0.05, 0.1) is 39.0 Å². The Morgan fingerprint density at radius 1 is 0.917 bits per heavy atom. The van der Waals surface area contributed by atoms with E-state index < -0.39 is 22.5 Å². The first-order valence-electron chi connectivity index (χ1n) is 11.1. The molecule has 10 heteroatoms. The van der Waals surface area contributed by atoms with Crippen LogP contribution < -0.4 is 19.6 Å². The summed E-state index contributed by atoms with van der Waals surface area (Å²) in [5.74, 6) is 0.726. The van der Waals surface area contributed by atoms with E-state index in [1.165, 1.54) is 39.7 Å². The molecule has 0 aliphatic rings. The first kappa shape index (κ1) is 26.7. The number of nitrogens with zero attached hydrogens (tertiary/aromatic N) is 2. The molecule has 1 N–H and O–H groups in total. The van der Waals surface area contributed by atoms with E-state index >= 15 is 0 Å². The number of hydrogen-bond acceptors (Lipinski definition) is 7. The Morgan fingerprint density at radius 3 is 2.06 bits per heavy atom. The zero-order valence-electron chi connectivity index (χ0n) is 20.4. The van der Waals surface area contributed by atoms with Gasteiger partial charge in [0.25, 0.3) is 5.91 Å². The van der Waals surface area contributed by atoms with Gasteiger partial charge in [-0.05, 0) is 36.2 Å². The quantitative estimate of drug-likeness (QED) is 0.296. The van der Waals surface area contributed by atoms with Crippen LogP contribution in [0.15, 0.2) is 82.8 Å². The van der Waals surface area contributed by atoms with Crippen LogP contribution in [-0.2, 0) is 21.2 Å². The SMILES string of the molecule is COc1cc(/C=N\NC(=O)CN(CCc2ccccc2)S(=O)(=O)c2ccccc2)cc(OC)c1OC. The van der Waals surface area contributed by atoms with Gasteiger partial charge in [0.1, 0.15) is 0 Å². The van der Waals surface area contributed by atoms with Crippen molar-refractivity contribution in [3.05, 3.63) is 83.9 Å². The van der Waals surface area contributed by atoms with Gasteiger partial charge in [-0.3, -0.25) is 4.79 Å². The van der Waals surface area contributed by atoms with Crippen LogP contribution in [-0.4, -0.2) is 59.3 Å². The summed E-state index contributed by atoms with van der Waals surface area (Å²) >= 11 is 0. The second kappa shape index (κ2) is 12.7. The molecule has 0 heterocycles. The number of carbonyl (C=O) groups excluding carboxylic acids is 1. The van der Waals surface area contributed by atoms with Gasteiger partial charge >= 0.3 is 0 Å². The topological polar surface area (TPSA) is 107 Å². The highest BCUT2D eigenvalue weighted by atomic mass is 32.2. The Hall–Kier alpha value is -3.89. The molecule has 3 rings (SSSR count). The van der Waals surface area contributed by atoms with Gasteiger partial charge in [0.15, 0.2) is 11.5 Å². The Morgan fingerprint density at radius 2 is 1.50 bits per heavy atom. The van der Waals surface area contributed by atoms with Crippen molar-refractivity contribution in [3.8, 4) is 17.2 Å². The molecule has 3 aromatic rings. The summed E-state index contributed by atoms with van der Waals surface area (Å²) < 4.78 is 43.6. The fourth-order valence-corrected chi connectivity index (χ4v) is 4.89. The fourth-order valence-electron chi connectivity index (χ4n) is 3.47. The zero-order chi connectivity index (χ0) is 26.0. The summed E-state index contributed by atoms with van der Waals surface area (Å²) in [6, 6.07) is 20.9. The number of methoxy groups -OCH3 is 3. The maximum absolute atomic E-state index is 13.3. The van der Waals surface area contributed by atoms with E-state index in [9.17, 15) is 13.2 Å². The van der Waals surface area contributed by atoms with E-state index in [-0.39, 0.29) is 11.4 Å². The second-order valence-electron chi connectivity index (χ2n) is 7.64. The van der Waals surface area contributed by atoms with Gasteiger partial charge in [-0.15, -0.1) is 0 Å². The molecule has 3 aromatic carbocycles. The molecule has 0 saturated carbocycles. The molecule has 0 unspecified atom stereocenters. The van der Waals surface area contributed by atoms with Crippen LogP contribution in [0.2, 0.25) is 0 Å². The minimum Gasteiger partial charge on any atom is -0.493 e. The van der Waals surface area contributed by atoms with Crippen molar-refractivity contribution in [2.24, 2.45) is 5.10 Å². The highest BCUT2D eigenvalue weighted by molar-refractivity contribution is 7.89. The van der Waals surface area contributed by atoms with Crippen LogP contribution in [0.1, 0.15) is 11.1 Å². The molecule has 0 fully saturated rings. The molecular weight excluding hydrogens is 482 g/mol. The predicted molar refractivity (Wildman–Crippen MR) is 137 cm³/mol. The van der Waals surface area contributed by atoms with Gasteiger partial charge in [0, 0.05) is 12.1 Å². The predicted octanol–water partition coefficient (Wildman–Crippen LogP) is 3.10.